The number of ether oxygens (including phenoxy) is 2. The number of hydrogen-bond acceptors (Lipinski definition) is 6. The smallest absolute Gasteiger partial charge is 0.334 e. The Morgan fingerprint density at radius 2 is 1.93 bits per heavy atom. The van der Waals surface area contributed by atoms with Crippen LogP contribution in [0.4, 0.5) is 0 Å². The molecular weight excluding hydrogens is 360 g/mol. The maximum Gasteiger partial charge on any atom is 0.334 e. The van der Waals surface area contributed by atoms with E-state index in [1.54, 1.807) is 6.92 Å². The Morgan fingerprint density at radius 1 is 1.25 bits per heavy atom. The Bertz CT molecular complexity index is 776. The van der Waals surface area contributed by atoms with Crippen LogP contribution >= 0.6 is 0 Å². The summed E-state index contributed by atoms with van der Waals surface area (Å²) in [6, 6.07) is 0. The van der Waals surface area contributed by atoms with E-state index >= 15 is 0 Å². The van der Waals surface area contributed by atoms with Gasteiger partial charge in [0.15, 0.2) is 0 Å². The van der Waals surface area contributed by atoms with Crippen LogP contribution in [-0.4, -0.2) is 46.6 Å². The van der Waals surface area contributed by atoms with Gasteiger partial charge in [0.25, 0.3) is 0 Å². The van der Waals surface area contributed by atoms with Crippen molar-refractivity contribution < 1.29 is 29.3 Å². The van der Waals surface area contributed by atoms with Crippen LogP contribution in [0.5, 0.6) is 0 Å². The van der Waals surface area contributed by atoms with Crippen molar-refractivity contribution in [3.8, 4) is 0 Å². The summed E-state index contributed by atoms with van der Waals surface area (Å²) in [5, 5.41) is 22.0. The van der Waals surface area contributed by atoms with Gasteiger partial charge in [-0.15, -0.1) is 0 Å². The third-order valence-corrected chi connectivity index (χ3v) is 6.69. The molecule has 6 atom stereocenters. The van der Waals surface area contributed by atoms with E-state index < -0.39 is 35.8 Å². The second kappa shape index (κ2) is 7.48. The van der Waals surface area contributed by atoms with Gasteiger partial charge in [-0.1, -0.05) is 24.1 Å². The summed E-state index contributed by atoms with van der Waals surface area (Å²) in [5.41, 5.74) is 2.48. The first-order valence-corrected chi connectivity index (χ1v) is 9.83. The number of carbonyl (C=O) groups is 2. The van der Waals surface area contributed by atoms with Crippen molar-refractivity contribution in [1.29, 1.82) is 0 Å². The van der Waals surface area contributed by atoms with Gasteiger partial charge in [-0.3, -0.25) is 4.79 Å². The van der Waals surface area contributed by atoms with Crippen LogP contribution in [0.25, 0.3) is 0 Å². The largest absolute Gasteiger partial charge is 0.459 e. The predicted molar refractivity (Wildman–Crippen MR) is 103 cm³/mol. The van der Waals surface area contributed by atoms with Crippen molar-refractivity contribution in [3.63, 3.8) is 0 Å². The van der Waals surface area contributed by atoms with Gasteiger partial charge >= 0.3 is 11.9 Å². The molecule has 3 rings (SSSR count). The fourth-order valence-corrected chi connectivity index (χ4v) is 4.99. The van der Waals surface area contributed by atoms with Gasteiger partial charge in [-0.05, 0) is 57.6 Å². The lowest BCUT2D eigenvalue weighted by atomic mass is 9.59. The number of allylic oxidation sites excluding steroid dienone is 1. The summed E-state index contributed by atoms with van der Waals surface area (Å²) in [6.45, 7) is 8.80. The summed E-state index contributed by atoms with van der Waals surface area (Å²) in [4.78, 5) is 24.1. The van der Waals surface area contributed by atoms with Crippen molar-refractivity contribution in [1.82, 2.24) is 0 Å². The molecule has 0 radical (unpaired) electrons. The molecule has 0 fully saturated rings. The zero-order chi connectivity index (χ0) is 20.8. The Balaban J connectivity index is 2.18. The van der Waals surface area contributed by atoms with E-state index in [1.165, 1.54) is 6.92 Å². The van der Waals surface area contributed by atoms with Crippen molar-refractivity contribution in [3.05, 3.63) is 34.4 Å². The zero-order valence-electron chi connectivity index (χ0n) is 17.2. The minimum atomic E-state index is -0.975. The molecule has 28 heavy (non-hydrogen) atoms. The van der Waals surface area contributed by atoms with E-state index in [9.17, 15) is 19.8 Å². The van der Waals surface area contributed by atoms with E-state index in [2.05, 4.69) is 0 Å². The molecule has 154 valence electrons. The fourth-order valence-electron chi connectivity index (χ4n) is 4.99. The molecule has 0 saturated carbocycles. The van der Waals surface area contributed by atoms with Gasteiger partial charge in [-0.2, -0.15) is 0 Å². The fraction of sp³-hybridized carbons (Fsp3) is 0.636. The third-order valence-electron chi connectivity index (χ3n) is 6.69. The van der Waals surface area contributed by atoms with Crippen LogP contribution in [-0.2, 0) is 19.1 Å². The molecule has 0 spiro atoms. The van der Waals surface area contributed by atoms with Gasteiger partial charge in [-0.25, -0.2) is 4.79 Å². The topological polar surface area (TPSA) is 93.1 Å². The van der Waals surface area contributed by atoms with Gasteiger partial charge in [0.05, 0.1) is 12.2 Å². The molecule has 0 saturated heterocycles. The minimum absolute atomic E-state index is 0.205. The molecule has 3 aliphatic rings. The van der Waals surface area contributed by atoms with Gasteiger partial charge in [0.2, 0.25) is 0 Å². The Morgan fingerprint density at radius 3 is 2.57 bits per heavy atom. The number of hydrogen-bond donors (Lipinski definition) is 2. The highest BCUT2D eigenvalue weighted by Crippen LogP contribution is 2.51. The van der Waals surface area contributed by atoms with Crippen LogP contribution in [0.15, 0.2) is 34.4 Å². The average Bonchev–Trinajstić information content (AvgIpc) is 2.86. The van der Waals surface area contributed by atoms with Crippen molar-refractivity contribution in [2.45, 2.75) is 78.3 Å². The highest BCUT2D eigenvalue weighted by Gasteiger charge is 2.54. The first-order chi connectivity index (χ1) is 13.1. The molecule has 1 heterocycles. The number of esters is 2. The molecule has 6 nitrogen and oxygen atoms in total. The van der Waals surface area contributed by atoms with Crippen LogP contribution in [0, 0.1) is 11.3 Å². The monoisotopic (exact) mass is 390 g/mol. The van der Waals surface area contributed by atoms with Crippen LogP contribution in [0.3, 0.4) is 0 Å². The lowest BCUT2D eigenvalue weighted by Crippen LogP contribution is -2.56. The lowest BCUT2D eigenvalue weighted by Gasteiger charge is -2.50. The quantitative estimate of drug-likeness (QED) is 0.528. The normalized spacial score (nSPS) is 40.5. The van der Waals surface area contributed by atoms with Crippen molar-refractivity contribution in [2.75, 3.05) is 0 Å². The van der Waals surface area contributed by atoms with Crippen LogP contribution in [0.1, 0.15) is 53.9 Å². The molecular formula is C22H30O6. The van der Waals surface area contributed by atoms with Crippen molar-refractivity contribution in [2.24, 2.45) is 11.3 Å². The summed E-state index contributed by atoms with van der Waals surface area (Å²) >= 11 is 0. The summed E-state index contributed by atoms with van der Waals surface area (Å²) in [7, 11) is 0. The summed E-state index contributed by atoms with van der Waals surface area (Å²) in [5.74, 6) is -1.03. The van der Waals surface area contributed by atoms with Gasteiger partial charge in [0.1, 0.15) is 12.2 Å². The van der Waals surface area contributed by atoms with Gasteiger partial charge < -0.3 is 19.7 Å². The molecule has 1 aliphatic heterocycles. The molecule has 2 aliphatic carbocycles. The van der Waals surface area contributed by atoms with Gasteiger partial charge in [0, 0.05) is 17.9 Å². The molecule has 2 N–H and O–H groups in total. The van der Waals surface area contributed by atoms with E-state index in [0.29, 0.717) is 18.4 Å². The SMILES string of the molecule is CC(=O)O[C@H]1[C@H](O)C/C(C)=C\[C@@H]2OC(=O)C(C)=C2C[C@@H]2C(C)=CC[C@H](O)[C@@]21C. The average molecular weight is 390 g/mol. The number of aliphatic hydroxyl groups excluding tert-OH is 2. The number of carbonyl (C=O) groups excluding carboxylic acids is 2. The standard InChI is InChI=1S/C22H30O6/c1-11-8-17(24)20(27-14(4)23)22(5)16(12(2)6-7-19(22)25)10-15-13(3)21(26)28-18(15)9-11/h6,9,16-20,24-25H,7-8,10H2,1-5H3/b11-9-/t16-,17-,18+,19+,20+,22-/m1/s1. The van der Waals surface area contributed by atoms with E-state index in [-0.39, 0.29) is 18.3 Å². The maximum absolute atomic E-state index is 12.2. The van der Waals surface area contributed by atoms with E-state index in [0.717, 1.165) is 16.7 Å². The van der Waals surface area contributed by atoms with E-state index in [4.69, 9.17) is 9.47 Å². The maximum atomic E-state index is 12.2. The lowest BCUT2D eigenvalue weighted by molar-refractivity contribution is -0.182. The Hall–Kier alpha value is -1.92. The van der Waals surface area contributed by atoms with Crippen LogP contribution < -0.4 is 0 Å². The number of aliphatic hydroxyl groups is 2. The minimum Gasteiger partial charge on any atom is -0.459 e. The van der Waals surface area contributed by atoms with Crippen LogP contribution in [0.2, 0.25) is 0 Å². The second-order valence-corrected chi connectivity index (χ2v) is 8.61. The summed E-state index contributed by atoms with van der Waals surface area (Å²) in [6.07, 6.45) is 1.94. The van der Waals surface area contributed by atoms with E-state index in [1.807, 2.05) is 32.9 Å². The number of fused-ring (bicyclic) bond motifs is 2. The first-order valence-electron chi connectivity index (χ1n) is 9.83. The van der Waals surface area contributed by atoms with Crippen molar-refractivity contribution >= 4 is 11.9 Å². The molecule has 6 heteroatoms. The Labute approximate surface area is 165 Å². The number of rotatable bonds is 1. The molecule has 0 aromatic rings. The Kier molecular flexibility index (Phi) is 5.56. The molecule has 0 amide bonds. The highest BCUT2D eigenvalue weighted by atomic mass is 16.6. The third kappa shape index (κ3) is 3.44. The molecule has 0 aromatic carbocycles. The predicted octanol–water partition coefficient (Wildman–Crippen LogP) is 2.59. The highest BCUT2D eigenvalue weighted by molar-refractivity contribution is 5.92. The summed E-state index contributed by atoms with van der Waals surface area (Å²) < 4.78 is 11.2. The second-order valence-electron chi connectivity index (χ2n) is 8.61. The zero-order valence-corrected chi connectivity index (χ0v) is 17.2. The molecule has 0 aromatic heterocycles. The molecule has 0 bridgehead atoms. The first kappa shape index (κ1) is 20.8. The molecule has 0 unspecified atom stereocenters.